The molecule has 0 saturated carbocycles. The number of pyridine rings is 1. The lowest BCUT2D eigenvalue weighted by molar-refractivity contribution is 0.0904. The number of aryl methyl sites for hydroxylation is 1. The van der Waals surface area contributed by atoms with Crippen molar-refractivity contribution >= 4 is 17.4 Å². The Balaban J connectivity index is 1.57. The Bertz CT molecular complexity index is 1370. The number of nitrogens with zero attached hydrogens (tertiary/aromatic N) is 5. The zero-order valence-electron chi connectivity index (χ0n) is 20.5. The van der Waals surface area contributed by atoms with Crippen molar-refractivity contribution in [2.24, 2.45) is 0 Å². The van der Waals surface area contributed by atoms with Crippen LogP contribution in [0.2, 0.25) is 0 Å². The summed E-state index contributed by atoms with van der Waals surface area (Å²) in [6.07, 6.45) is 4.85. The molecule has 0 bridgehead atoms. The molecule has 1 aliphatic heterocycles. The molecule has 0 aliphatic carbocycles. The van der Waals surface area contributed by atoms with Gasteiger partial charge in [0.25, 0.3) is 5.91 Å². The lowest BCUT2D eigenvalue weighted by Gasteiger charge is -2.24. The van der Waals surface area contributed by atoms with Crippen LogP contribution in [-0.4, -0.2) is 40.3 Å². The molecule has 9 nitrogen and oxygen atoms in total. The Labute approximate surface area is 210 Å². The first-order valence-corrected chi connectivity index (χ1v) is 11.7. The first-order chi connectivity index (χ1) is 17.3. The third-order valence-corrected chi connectivity index (χ3v) is 6.21. The van der Waals surface area contributed by atoms with Crippen molar-refractivity contribution in [3.63, 3.8) is 0 Å². The molecular formula is C27H27N7O2. The van der Waals surface area contributed by atoms with Crippen LogP contribution in [0.25, 0.3) is 11.1 Å². The first kappa shape index (κ1) is 24.8. The van der Waals surface area contributed by atoms with E-state index in [1.54, 1.807) is 26.1 Å². The summed E-state index contributed by atoms with van der Waals surface area (Å²) in [5.41, 5.74) is 3.53. The van der Waals surface area contributed by atoms with E-state index in [1.807, 2.05) is 31.2 Å². The molecule has 0 radical (unpaired) electrons. The van der Waals surface area contributed by atoms with Gasteiger partial charge in [0.1, 0.15) is 11.9 Å². The third kappa shape index (κ3) is 5.48. The van der Waals surface area contributed by atoms with Crippen molar-refractivity contribution in [2.75, 3.05) is 23.8 Å². The number of hydrogen-bond donors (Lipinski definition) is 2. The van der Waals surface area contributed by atoms with Crippen molar-refractivity contribution in [2.45, 2.75) is 45.1 Å². The molecule has 0 unspecified atom stereocenters. The molecule has 182 valence electrons. The minimum absolute atomic E-state index is 0.228. The van der Waals surface area contributed by atoms with Crippen LogP contribution in [0.15, 0.2) is 42.7 Å². The number of aromatic nitrogens is 3. The van der Waals surface area contributed by atoms with Crippen molar-refractivity contribution in [1.29, 1.82) is 10.5 Å². The van der Waals surface area contributed by atoms with E-state index in [4.69, 9.17) is 4.74 Å². The van der Waals surface area contributed by atoms with Gasteiger partial charge in [0.2, 0.25) is 0 Å². The molecule has 0 spiro atoms. The Hall–Kier alpha value is -4.34. The maximum absolute atomic E-state index is 12.9. The fraction of sp³-hybridized carbons (Fsp3) is 0.333. The summed E-state index contributed by atoms with van der Waals surface area (Å²) < 4.78 is 5.40. The highest BCUT2D eigenvalue weighted by molar-refractivity contribution is 6.04. The fourth-order valence-corrected chi connectivity index (χ4v) is 3.92. The highest BCUT2D eigenvalue weighted by Crippen LogP contribution is 2.29. The maximum atomic E-state index is 12.9. The zero-order valence-corrected chi connectivity index (χ0v) is 20.5. The number of carbonyl (C=O) groups excluding carboxylic acids is 1. The monoisotopic (exact) mass is 481 g/mol. The maximum Gasteiger partial charge on any atom is 0.257 e. The summed E-state index contributed by atoms with van der Waals surface area (Å²) in [6, 6.07) is 13.6. The molecule has 2 N–H and O–H groups in total. The van der Waals surface area contributed by atoms with Gasteiger partial charge in [-0.15, -0.1) is 0 Å². The zero-order chi connectivity index (χ0) is 25.7. The van der Waals surface area contributed by atoms with Gasteiger partial charge in [-0.2, -0.15) is 20.7 Å². The Morgan fingerprint density at radius 2 is 1.92 bits per heavy atom. The summed E-state index contributed by atoms with van der Waals surface area (Å²) in [5.74, 6) is 0.207. The van der Waals surface area contributed by atoms with E-state index in [0.29, 0.717) is 41.5 Å². The number of carbonyl (C=O) groups is 1. The van der Waals surface area contributed by atoms with Crippen molar-refractivity contribution in [3.8, 4) is 23.3 Å². The molecule has 3 aromatic rings. The predicted molar refractivity (Wildman–Crippen MR) is 135 cm³/mol. The highest BCUT2D eigenvalue weighted by Gasteiger charge is 2.23. The normalized spacial score (nSPS) is 13.9. The van der Waals surface area contributed by atoms with Crippen LogP contribution >= 0.6 is 0 Å². The molecule has 9 heteroatoms. The number of nitriles is 2. The van der Waals surface area contributed by atoms with E-state index >= 15 is 0 Å². The Kier molecular flexibility index (Phi) is 7.23. The van der Waals surface area contributed by atoms with Crippen LogP contribution < -0.4 is 10.6 Å². The first-order valence-electron chi connectivity index (χ1n) is 11.7. The largest absolute Gasteiger partial charge is 0.381 e. The Morgan fingerprint density at radius 3 is 2.64 bits per heavy atom. The van der Waals surface area contributed by atoms with E-state index in [2.05, 4.69) is 38.0 Å². The molecule has 1 aromatic carbocycles. The quantitative estimate of drug-likeness (QED) is 0.530. The van der Waals surface area contributed by atoms with Gasteiger partial charge in [0.05, 0.1) is 34.5 Å². The van der Waals surface area contributed by atoms with Gasteiger partial charge >= 0.3 is 0 Å². The van der Waals surface area contributed by atoms with Crippen LogP contribution in [0.3, 0.4) is 0 Å². The van der Waals surface area contributed by atoms with Gasteiger partial charge in [-0.1, -0.05) is 6.07 Å². The van der Waals surface area contributed by atoms with Gasteiger partial charge in [0, 0.05) is 36.7 Å². The average Bonchev–Trinajstić information content (AvgIpc) is 2.90. The van der Waals surface area contributed by atoms with Gasteiger partial charge < -0.3 is 15.4 Å². The van der Waals surface area contributed by atoms with Gasteiger partial charge in [-0.3, -0.25) is 4.79 Å². The van der Waals surface area contributed by atoms with Crippen LogP contribution in [0, 0.1) is 29.6 Å². The molecule has 4 rings (SSSR count). The molecular weight excluding hydrogens is 454 g/mol. The fourth-order valence-electron chi connectivity index (χ4n) is 3.92. The second-order valence-corrected chi connectivity index (χ2v) is 9.31. The molecule has 2 aromatic heterocycles. The third-order valence-electron chi connectivity index (χ3n) is 6.21. The summed E-state index contributed by atoms with van der Waals surface area (Å²) in [5, 5.41) is 33.3. The Morgan fingerprint density at radius 1 is 1.14 bits per heavy atom. The van der Waals surface area contributed by atoms with Gasteiger partial charge in [0.15, 0.2) is 0 Å². The van der Waals surface area contributed by atoms with Crippen LogP contribution in [0.5, 0.6) is 0 Å². The average molecular weight is 482 g/mol. The van der Waals surface area contributed by atoms with E-state index in [9.17, 15) is 15.3 Å². The van der Waals surface area contributed by atoms with Crippen LogP contribution in [0.4, 0.5) is 11.5 Å². The number of rotatable bonds is 6. The lowest BCUT2D eigenvalue weighted by atomic mass is 9.90. The SMILES string of the molecule is Cc1ccc(NC(=O)c2cnnc(C(C)(C)C#N)c2)cc1-c1cnc(NC2CCOCC2)c(C#N)c1. The minimum Gasteiger partial charge on any atom is -0.381 e. The second kappa shape index (κ2) is 10.5. The van der Waals surface area contributed by atoms with E-state index in [0.717, 1.165) is 29.5 Å². The summed E-state index contributed by atoms with van der Waals surface area (Å²) >= 11 is 0. The number of hydrogen-bond acceptors (Lipinski definition) is 8. The number of ether oxygens (including phenoxy) is 1. The van der Waals surface area contributed by atoms with Crippen LogP contribution in [-0.2, 0) is 10.2 Å². The van der Waals surface area contributed by atoms with Gasteiger partial charge in [-0.05, 0) is 69.0 Å². The van der Waals surface area contributed by atoms with E-state index in [-0.39, 0.29) is 11.9 Å². The summed E-state index contributed by atoms with van der Waals surface area (Å²) in [7, 11) is 0. The predicted octanol–water partition coefficient (Wildman–Crippen LogP) is 4.36. The molecule has 3 heterocycles. The number of anilines is 2. The molecule has 1 aliphatic rings. The summed E-state index contributed by atoms with van der Waals surface area (Å²) in [4.78, 5) is 17.5. The van der Waals surface area contributed by atoms with E-state index in [1.165, 1.54) is 6.20 Å². The molecule has 1 saturated heterocycles. The molecule has 0 atom stereocenters. The highest BCUT2D eigenvalue weighted by atomic mass is 16.5. The van der Waals surface area contributed by atoms with Crippen molar-refractivity contribution in [1.82, 2.24) is 15.2 Å². The van der Waals surface area contributed by atoms with E-state index < -0.39 is 5.41 Å². The molecule has 36 heavy (non-hydrogen) atoms. The second-order valence-electron chi connectivity index (χ2n) is 9.31. The van der Waals surface area contributed by atoms with Crippen molar-refractivity contribution in [3.05, 3.63) is 65.1 Å². The number of benzene rings is 1. The summed E-state index contributed by atoms with van der Waals surface area (Å²) in [6.45, 7) is 6.80. The number of nitrogens with one attached hydrogen (secondary N) is 2. The topological polar surface area (TPSA) is 137 Å². The minimum atomic E-state index is -0.864. The van der Waals surface area contributed by atoms with Gasteiger partial charge in [-0.25, -0.2) is 4.98 Å². The standard InChI is InChI=1S/C27H27N7O2/c1-17-4-5-22(33-26(35)20-11-24(34-31-15-20)27(2,3)16-29)12-23(17)19-10-18(13-28)25(30-14-19)32-21-6-8-36-9-7-21/h4-5,10-12,14-15,21H,6-9H2,1-3H3,(H,30,32)(H,33,35). The molecule has 1 amide bonds. The van der Waals surface area contributed by atoms with Crippen LogP contribution in [0.1, 0.15) is 53.9 Å². The molecule has 1 fully saturated rings. The number of amides is 1. The van der Waals surface area contributed by atoms with Crippen molar-refractivity contribution < 1.29 is 9.53 Å². The lowest BCUT2D eigenvalue weighted by Crippen LogP contribution is -2.28. The smallest absolute Gasteiger partial charge is 0.257 e.